The topological polar surface area (TPSA) is 38.3 Å². The number of nitrogens with one attached hydrogen (secondary N) is 1. The molecule has 1 amide bonds. The standard InChI is InChI=1S/C13H15ClFNO2/c1-13(4-6-18-7-5-13)16-12(17)10-8-9(14)2-3-11(10)15/h2-3,8H,4-7H2,1H3,(H,16,17). The van der Waals surface area contributed by atoms with Gasteiger partial charge in [-0.25, -0.2) is 4.39 Å². The summed E-state index contributed by atoms with van der Waals surface area (Å²) in [7, 11) is 0. The average molecular weight is 272 g/mol. The molecule has 5 heteroatoms. The van der Waals surface area contributed by atoms with E-state index in [2.05, 4.69) is 5.32 Å². The zero-order valence-electron chi connectivity index (χ0n) is 10.1. The molecule has 1 aromatic carbocycles. The average Bonchev–Trinajstić information content (AvgIpc) is 2.32. The van der Waals surface area contributed by atoms with Crippen molar-refractivity contribution in [3.05, 3.63) is 34.6 Å². The van der Waals surface area contributed by atoms with Gasteiger partial charge in [0.15, 0.2) is 0 Å². The highest BCUT2D eigenvalue weighted by Crippen LogP contribution is 2.21. The Hall–Kier alpha value is -1.13. The van der Waals surface area contributed by atoms with Crippen molar-refractivity contribution in [2.75, 3.05) is 13.2 Å². The Morgan fingerprint density at radius 3 is 2.78 bits per heavy atom. The van der Waals surface area contributed by atoms with E-state index in [0.717, 1.165) is 12.8 Å². The van der Waals surface area contributed by atoms with E-state index < -0.39 is 11.7 Å². The fraction of sp³-hybridized carbons (Fsp3) is 0.462. The third-order valence-corrected chi connectivity index (χ3v) is 3.42. The van der Waals surface area contributed by atoms with Crippen molar-refractivity contribution < 1.29 is 13.9 Å². The van der Waals surface area contributed by atoms with Crippen molar-refractivity contribution >= 4 is 17.5 Å². The Morgan fingerprint density at radius 2 is 2.11 bits per heavy atom. The first-order valence-corrected chi connectivity index (χ1v) is 6.23. The SMILES string of the molecule is CC1(NC(=O)c2cc(Cl)ccc2F)CCOCC1. The molecule has 1 fully saturated rings. The molecule has 18 heavy (non-hydrogen) atoms. The lowest BCUT2D eigenvalue weighted by atomic mass is 9.92. The third kappa shape index (κ3) is 3.00. The zero-order chi connectivity index (χ0) is 13.2. The van der Waals surface area contributed by atoms with E-state index in [0.29, 0.717) is 18.2 Å². The van der Waals surface area contributed by atoms with E-state index in [4.69, 9.17) is 16.3 Å². The minimum atomic E-state index is -0.562. The van der Waals surface area contributed by atoms with Gasteiger partial charge in [0.25, 0.3) is 5.91 Å². The molecule has 1 heterocycles. The summed E-state index contributed by atoms with van der Waals surface area (Å²) in [5, 5.41) is 3.21. The molecule has 0 aromatic heterocycles. The van der Waals surface area contributed by atoms with E-state index in [1.54, 1.807) is 0 Å². The van der Waals surface area contributed by atoms with Crippen molar-refractivity contribution in [1.29, 1.82) is 0 Å². The summed E-state index contributed by atoms with van der Waals surface area (Å²) in [6.45, 7) is 3.15. The predicted molar refractivity (Wildman–Crippen MR) is 67.3 cm³/mol. The van der Waals surface area contributed by atoms with Gasteiger partial charge < -0.3 is 10.1 Å². The Labute approximate surface area is 110 Å². The normalized spacial score (nSPS) is 18.4. The maximum absolute atomic E-state index is 13.6. The van der Waals surface area contributed by atoms with E-state index in [9.17, 15) is 9.18 Å². The lowest BCUT2D eigenvalue weighted by Gasteiger charge is -2.34. The molecule has 0 unspecified atom stereocenters. The number of halogens is 2. The van der Waals surface area contributed by atoms with E-state index in [1.807, 2.05) is 6.92 Å². The van der Waals surface area contributed by atoms with Crippen LogP contribution in [0.1, 0.15) is 30.1 Å². The molecule has 0 radical (unpaired) electrons. The van der Waals surface area contributed by atoms with Crippen molar-refractivity contribution in [3.8, 4) is 0 Å². The molecule has 1 aliphatic rings. The van der Waals surface area contributed by atoms with Gasteiger partial charge in [-0.05, 0) is 38.0 Å². The van der Waals surface area contributed by atoms with Gasteiger partial charge in [-0.1, -0.05) is 11.6 Å². The Balaban J connectivity index is 2.14. The van der Waals surface area contributed by atoms with Crippen LogP contribution in [0.15, 0.2) is 18.2 Å². The summed E-state index contributed by atoms with van der Waals surface area (Å²) in [6.07, 6.45) is 1.45. The summed E-state index contributed by atoms with van der Waals surface area (Å²) in [4.78, 5) is 12.0. The minimum absolute atomic E-state index is 0.0183. The fourth-order valence-electron chi connectivity index (χ4n) is 1.96. The smallest absolute Gasteiger partial charge is 0.254 e. The zero-order valence-corrected chi connectivity index (χ0v) is 10.9. The fourth-order valence-corrected chi connectivity index (χ4v) is 2.13. The van der Waals surface area contributed by atoms with Gasteiger partial charge in [0.1, 0.15) is 5.82 Å². The third-order valence-electron chi connectivity index (χ3n) is 3.18. The van der Waals surface area contributed by atoms with Crippen LogP contribution in [0.5, 0.6) is 0 Å². The van der Waals surface area contributed by atoms with Gasteiger partial charge >= 0.3 is 0 Å². The van der Waals surface area contributed by atoms with Crippen molar-refractivity contribution in [3.63, 3.8) is 0 Å². The van der Waals surface area contributed by atoms with Crippen LogP contribution in [0.3, 0.4) is 0 Å². The Bertz CT molecular complexity index is 458. The molecule has 0 spiro atoms. The number of benzene rings is 1. The van der Waals surface area contributed by atoms with E-state index in [1.165, 1.54) is 18.2 Å². The predicted octanol–water partition coefficient (Wildman–Crippen LogP) is 2.78. The molecule has 1 N–H and O–H groups in total. The van der Waals surface area contributed by atoms with Gasteiger partial charge in [0.05, 0.1) is 5.56 Å². The second-order valence-electron chi connectivity index (χ2n) is 4.75. The molecule has 1 saturated heterocycles. The molecule has 0 atom stereocenters. The molecule has 1 aromatic rings. The number of carbonyl (C=O) groups excluding carboxylic acids is 1. The van der Waals surface area contributed by atoms with Crippen LogP contribution in [-0.2, 0) is 4.74 Å². The van der Waals surface area contributed by atoms with Gasteiger partial charge in [-0.3, -0.25) is 4.79 Å². The highest BCUT2D eigenvalue weighted by atomic mass is 35.5. The molecule has 98 valence electrons. The van der Waals surface area contributed by atoms with Crippen LogP contribution in [0, 0.1) is 5.82 Å². The lowest BCUT2D eigenvalue weighted by Crippen LogP contribution is -2.49. The number of hydrogen-bond donors (Lipinski definition) is 1. The summed E-state index contributed by atoms with van der Waals surface area (Å²) >= 11 is 5.77. The number of ether oxygens (including phenoxy) is 1. The van der Waals surface area contributed by atoms with Crippen molar-refractivity contribution in [1.82, 2.24) is 5.32 Å². The maximum Gasteiger partial charge on any atom is 0.254 e. The van der Waals surface area contributed by atoms with Gasteiger partial charge in [0.2, 0.25) is 0 Å². The van der Waals surface area contributed by atoms with Crippen LogP contribution in [0.25, 0.3) is 0 Å². The van der Waals surface area contributed by atoms with Gasteiger partial charge in [-0.15, -0.1) is 0 Å². The summed E-state index contributed by atoms with van der Waals surface area (Å²) in [5.41, 5.74) is -0.361. The minimum Gasteiger partial charge on any atom is -0.381 e. The number of amides is 1. The summed E-state index contributed by atoms with van der Waals surface area (Å²) in [5.74, 6) is -0.994. The summed E-state index contributed by atoms with van der Waals surface area (Å²) < 4.78 is 18.8. The van der Waals surface area contributed by atoms with Crippen LogP contribution >= 0.6 is 11.6 Å². The Kier molecular flexibility index (Phi) is 3.88. The highest BCUT2D eigenvalue weighted by Gasteiger charge is 2.30. The number of hydrogen-bond acceptors (Lipinski definition) is 2. The van der Waals surface area contributed by atoms with Crippen molar-refractivity contribution in [2.45, 2.75) is 25.3 Å². The molecule has 0 bridgehead atoms. The van der Waals surface area contributed by atoms with E-state index >= 15 is 0 Å². The van der Waals surface area contributed by atoms with Gasteiger partial charge in [-0.2, -0.15) is 0 Å². The van der Waals surface area contributed by atoms with Crippen LogP contribution in [-0.4, -0.2) is 24.7 Å². The van der Waals surface area contributed by atoms with Crippen molar-refractivity contribution in [2.24, 2.45) is 0 Å². The number of rotatable bonds is 2. The molecule has 2 rings (SSSR count). The highest BCUT2D eigenvalue weighted by molar-refractivity contribution is 6.31. The lowest BCUT2D eigenvalue weighted by molar-refractivity contribution is 0.0422. The molecular formula is C13H15ClFNO2. The second kappa shape index (κ2) is 5.24. The first kappa shape index (κ1) is 13.3. The second-order valence-corrected chi connectivity index (χ2v) is 5.19. The molecule has 3 nitrogen and oxygen atoms in total. The summed E-state index contributed by atoms with van der Waals surface area (Å²) in [6, 6.07) is 3.96. The first-order chi connectivity index (χ1) is 8.50. The van der Waals surface area contributed by atoms with Crippen LogP contribution in [0.2, 0.25) is 5.02 Å². The molecule has 0 aliphatic carbocycles. The quantitative estimate of drug-likeness (QED) is 0.898. The van der Waals surface area contributed by atoms with E-state index in [-0.39, 0.29) is 11.1 Å². The first-order valence-electron chi connectivity index (χ1n) is 5.85. The molecule has 0 saturated carbocycles. The monoisotopic (exact) mass is 271 g/mol. The Morgan fingerprint density at radius 1 is 1.44 bits per heavy atom. The number of carbonyl (C=O) groups is 1. The molecule has 1 aliphatic heterocycles. The largest absolute Gasteiger partial charge is 0.381 e. The van der Waals surface area contributed by atoms with Crippen LogP contribution in [0.4, 0.5) is 4.39 Å². The maximum atomic E-state index is 13.6. The van der Waals surface area contributed by atoms with Crippen LogP contribution < -0.4 is 5.32 Å². The molecular weight excluding hydrogens is 257 g/mol. The van der Waals surface area contributed by atoms with Gasteiger partial charge in [0, 0.05) is 23.8 Å².